The molecule has 0 bridgehead atoms. The number of amides is 1. The first-order valence-electron chi connectivity index (χ1n) is 10.5. The van der Waals surface area contributed by atoms with Gasteiger partial charge >= 0.3 is 0 Å². The van der Waals surface area contributed by atoms with Crippen LogP contribution < -0.4 is 5.32 Å². The van der Waals surface area contributed by atoms with E-state index in [1.54, 1.807) is 24.3 Å². The monoisotopic (exact) mass is 418 g/mol. The van der Waals surface area contributed by atoms with E-state index >= 15 is 0 Å². The highest BCUT2D eigenvalue weighted by Gasteiger charge is 2.26. The van der Waals surface area contributed by atoms with Crippen molar-refractivity contribution in [3.8, 4) is 11.4 Å². The summed E-state index contributed by atoms with van der Waals surface area (Å²) in [6, 6.07) is 15.0. The molecule has 7 heteroatoms. The summed E-state index contributed by atoms with van der Waals surface area (Å²) in [5.74, 6) is 1.45. The number of nitrogens with zero attached hydrogens (tertiary/aromatic N) is 3. The minimum Gasteiger partial charge on any atom is -0.339 e. The van der Waals surface area contributed by atoms with E-state index in [1.807, 2.05) is 31.2 Å². The molecule has 0 unspecified atom stereocenters. The van der Waals surface area contributed by atoms with Gasteiger partial charge in [-0.2, -0.15) is 4.98 Å². The zero-order valence-electron chi connectivity index (χ0n) is 17.8. The molecule has 1 N–H and O–H groups in total. The van der Waals surface area contributed by atoms with Crippen LogP contribution in [0.25, 0.3) is 11.4 Å². The van der Waals surface area contributed by atoms with Crippen LogP contribution in [-0.2, 0) is 4.79 Å². The molecule has 0 saturated carbocycles. The predicted octanol–water partition coefficient (Wildman–Crippen LogP) is 4.07. The van der Waals surface area contributed by atoms with Crippen LogP contribution in [0.5, 0.6) is 0 Å². The molecular weight excluding hydrogens is 392 g/mol. The van der Waals surface area contributed by atoms with Crippen molar-refractivity contribution < 1.29 is 14.1 Å². The first-order chi connectivity index (χ1) is 15.0. The van der Waals surface area contributed by atoms with Gasteiger partial charge in [-0.05, 0) is 70.1 Å². The summed E-state index contributed by atoms with van der Waals surface area (Å²) in [7, 11) is 0. The molecule has 160 valence electrons. The summed E-state index contributed by atoms with van der Waals surface area (Å²) in [6.07, 6.45) is 1.74. The number of aryl methyl sites for hydroxylation is 1. The molecule has 1 saturated heterocycles. The summed E-state index contributed by atoms with van der Waals surface area (Å²) in [6.45, 7) is 5.49. The van der Waals surface area contributed by atoms with E-state index in [1.165, 1.54) is 6.92 Å². The quantitative estimate of drug-likeness (QED) is 0.607. The Bertz CT molecular complexity index is 1070. The predicted molar refractivity (Wildman–Crippen MR) is 118 cm³/mol. The Kier molecular flexibility index (Phi) is 6.23. The Morgan fingerprint density at radius 2 is 1.87 bits per heavy atom. The summed E-state index contributed by atoms with van der Waals surface area (Å²) in [5.41, 5.74) is 3.44. The average molecular weight is 418 g/mol. The van der Waals surface area contributed by atoms with Gasteiger partial charge in [-0.3, -0.25) is 14.5 Å². The van der Waals surface area contributed by atoms with Gasteiger partial charge in [-0.15, -0.1) is 0 Å². The van der Waals surface area contributed by atoms with Crippen LogP contribution in [0.3, 0.4) is 0 Å². The van der Waals surface area contributed by atoms with E-state index in [2.05, 4.69) is 20.4 Å². The molecule has 1 amide bonds. The largest absolute Gasteiger partial charge is 0.339 e. The molecule has 3 aromatic rings. The van der Waals surface area contributed by atoms with Gasteiger partial charge in [0.1, 0.15) is 0 Å². The fourth-order valence-electron chi connectivity index (χ4n) is 3.83. The number of ketones is 1. The van der Waals surface area contributed by atoms with Crippen LogP contribution in [-0.4, -0.2) is 46.4 Å². The molecule has 1 fully saturated rings. The van der Waals surface area contributed by atoms with Gasteiger partial charge in [-0.25, -0.2) is 0 Å². The molecule has 2 heterocycles. The first-order valence-corrected chi connectivity index (χ1v) is 10.5. The Morgan fingerprint density at radius 3 is 2.55 bits per heavy atom. The summed E-state index contributed by atoms with van der Waals surface area (Å²) >= 11 is 0. The van der Waals surface area contributed by atoms with Gasteiger partial charge in [-0.1, -0.05) is 28.9 Å². The van der Waals surface area contributed by atoms with Crippen molar-refractivity contribution in [1.82, 2.24) is 15.0 Å². The molecule has 2 aromatic carbocycles. The number of nitrogens with one attached hydrogen (secondary N) is 1. The Balaban J connectivity index is 1.28. The third-order valence-corrected chi connectivity index (χ3v) is 5.60. The maximum Gasteiger partial charge on any atom is 0.238 e. The molecule has 1 aliphatic heterocycles. The van der Waals surface area contributed by atoms with E-state index < -0.39 is 0 Å². The molecule has 0 aliphatic carbocycles. The van der Waals surface area contributed by atoms with Crippen molar-refractivity contribution in [2.45, 2.75) is 32.6 Å². The normalized spacial score (nSPS) is 15.0. The molecule has 4 rings (SSSR count). The average Bonchev–Trinajstić information content (AvgIpc) is 3.25. The molecule has 7 nitrogen and oxygen atoms in total. The van der Waals surface area contributed by atoms with Crippen LogP contribution in [0, 0.1) is 6.92 Å². The fourth-order valence-corrected chi connectivity index (χ4v) is 3.83. The number of Topliss-reactive ketones (excluding diaryl/α,β-unsaturated/α-hetero) is 1. The minimum absolute atomic E-state index is 0.00740. The summed E-state index contributed by atoms with van der Waals surface area (Å²) in [4.78, 5) is 30.5. The lowest BCUT2D eigenvalue weighted by Crippen LogP contribution is -2.38. The highest BCUT2D eigenvalue weighted by Crippen LogP contribution is 2.28. The number of rotatable bonds is 6. The van der Waals surface area contributed by atoms with Gasteiger partial charge < -0.3 is 9.84 Å². The smallest absolute Gasteiger partial charge is 0.238 e. The number of carbonyl (C=O) groups is 2. The second kappa shape index (κ2) is 9.22. The first kappa shape index (κ1) is 20.9. The lowest BCUT2D eigenvalue weighted by atomic mass is 9.97. The Morgan fingerprint density at radius 1 is 1.13 bits per heavy atom. The van der Waals surface area contributed by atoms with Gasteiger partial charge in [0.2, 0.25) is 17.6 Å². The molecule has 0 spiro atoms. The topological polar surface area (TPSA) is 88.3 Å². The second-order valence-corrected chi connectivity index (χ2v) is 8.06. The van der Waals surface area contributed by atoms with E-state index in [4.69, 9.17) is 4.52 Å². The van der Waals surface area contributed by atoms with Crippen LogP contribution in [0.15, 0.2) is 53.1 Å². The molecule has 1 aromatic heterocycles. The highest BCUT2D eigenvalue weighted by molar-refractivity contribution is 5.96. The number of carbonyl (C=O) groups excluding carboxylic acids is 2. The van der Waals surface area contributed by atoms with E-state index in [9.17, 15) is 9.59 Å². The van der Waals surface area contributed by atoms with Crippen LogP contribution in [0.1, 0.15) is 47.5 Å². The van der Waals surface area contributed by atoms with Crippen LogP contribution >= 0.6 is 0 Å². The SMILES string of the molecule is CC(=O)c1ccc(NC(=O)CN2CCC(c3nc(-c4cccc(C)c4)no3)CC2)cc1. The molecular formula is C24H26N4O3. The molecule has 0 atom stereocenters. The zero-order valence-corrected chi connectivity index (χ0v) is 17.8. The van der Waals surface area contributed by atoms with Crippen molar-refractivity contribution in [2.75, 3.05) is 25.0 Å². The van der Waals surface area contributed by atoms with Crippen LogP contribution in [0.4, 0.5) is 5.69 Å². The number of piperidine rings is 1. The minimum atomic E-state index is -0.0615. The second-order valence-electron chi connectivity index (χ2n) is 8.06. The summed E-state index contributed by atoms with van der Waals surface area (Å²) in [5, 5.41) is 7.04. The van der Waals surface area contributed by atoms with Gasteiger partial charge in [0.05, 0.1) is 6.54 Å². The summed E-state index contributed by atoms with van der Waals surface area (Å²) < 4.78 is 5.54. The van der Waals surface area contributed by atoms with Gasteiger partial charge in [0.25, 0.3) is 0 Å². The zero-order chi connectivity index (χ0) is 21.8. The lowest BCUT2D eigenvalue weighted by molar-refractivity contribution is -0.117. The fraction of sp³-hybridized carbons (Fsp3) is 0.333. The van der Waals surface area contributed by atoms with E-state index in [-0.39, 0.29) is 17.6 Å². The van der Waals surface area contributed by atoms with Crippen molar-refractivity contribution >= 4 is 17.4 Å². The molecule has 31 heavy (non-hydrogen) atoms. The maximum absolute atomic E-state index is 12.4. The Hall–Kier alpha value is -3.32. The third-order valence-electron chi connectivity index (χ3n) is 5.60. The Labute approximate surface area is 181 Å². The number of aromatic nitrogens is 2. The van der Waals surface area contributed by atoms with Gasteiger partial charge in [0.15, 0.2) is 5.78 Å². The number of benzene rings is 2. The molecule has 0 radical (unpaired) electrons. The lowest BCUT2D eigenvalue weighted by Gasteiger charge is -2.29. The van der Waals surface area contributed by atoms with E-state index in [0.717, 1.165) is 37.1 Å². The number of hydrogen-bond donors (Lipinski definition) is 1. The van der Waals surface area contributed by atoms with Crippen molar-refractivity contribution in [1.29, 1.82) is 0 Å². The van der Waals surface area contributed by atoms with E-state index in [0.29, 0.717) is 29.5 Å². The third kappa shape index (κ3) is 5.24. The molecule has 1 aliphatic rings. The highest BCUT2D eigenvalue weighted by atomic mass is 16.5. The van der Waals surface area contributed by atoms with Crippen molar-refractivity contribution in [3.63, 3.8) is 0 Å². The number of hydrogen-bond acceptors (Lipinski definition) is 6. The van der Waals surface area contributed by atoms with Crippen molar-refractivity contribution in [3.05, 3.63) is 65.5 Å². The maximum atomic E-state index is 12.4. The van der Waals surface area contributed by atoms with Gasteiger partial charge in [0, 0.05) is 22.7 Å². The standard InChI is InChI=1S/C24H26N4O3/c1-16-4-3-5-20(14-16)23-26-24(31-27-23)19-10-12-28(13-11-19)15-22(30)25-21-8-6-18(7-9-21)17(2)29/h3-9,14,19H,10-13,15H2,1-2H3,(H,25,30). The van der Waals surface area contributed by atoms with Crippen LogP contribution in [0.2, 0.25) is 0 Å². The number of anilines is 1. The number of likely N-dealkylation sites (tertiary alicyclic amines) is 1. The van der Waals surface area contributed by atoms with Crippen molar-refractivity contribution in [2.24, 2.45) is 0 Å².